The summed E-state index contributed by atoms with van der Waals surface area (Å²) in [6.07, 6.45) is -1.96. The maximum absolute atomic E-state index is 12.8. The van der Waals surface area contributed by atoms with Gasteiger partial charge in [0.05, 0.1) is 17.9 Å². The molecule has 3 aromatic rings. The molecule has 0 saturated carbocycles. The quantitative estimate of drug-likeness (QED) is 0.451. The van der Waals surface area contributed by atoms with Gasteiger partial charge in [0, 0.05) is 22.8 Å². The maximum Gasteiger partial charge on any atom is 0.416 e. The van der Waals surface area contributed by atoms with Crippen LogP contribution in [0.15, 0.2) is 42.5 Å². The minimum absolute atomic E-state index is 0.0942. The number of benzene rings is 2. The standard InChI is InChI=1S/C24H22F3NO3S/c1-14-12-19(9-4-15(14)6-11-21(29)30)31-13-17-5-10-20-22(17)28-23(32-20)16-2-7-18(8-3-16)24(25,26)27/h2-4,7-9,12,17H,5-6,10-11,13H2,1H3,(H,29,30). The van der Waals surface area contributed by atoms with Gasteiger partial charge in [0.1, 0.15) is 10.8 Å². The summed E-state index contributed by atoms with van der Waals surface area (Å²) in [6, 6.07) is 10.8. The molecule has 8 heteroatoms. The van der Waals surface area contributed by atoms with Gasteiger partial charge in [0.15, 0.2) is 0 Å². The summed E-state index contributed by atoms with van der Waals surface area (Å²) < 4.78 is 44.4. The first-order valence-electron chi connectivity index (χ1n) is 10.3. The number of thiazole rings is 1. The molecule has 0 aliphatic heterocycles. The highest BCUT2D eigenvalue weighted by Gasteiger charge is 2.31. The molecule has 4 nitrogen and oxygen atoms in total. The van der Waals surface area contributed by atoms with Gasteiger partial charge in [-0.15, -0.1) is 11.3 Å². The molecule has 1 N–H and O–H groups in total. The second-order valence-electron chi connectivity index (χ2n) is 7.93. The molecule has 0 amide bonds. The molecule has 1 aliphatic rings. The summed E-state index contributed by atoms with van der Waals surface area (Å²) in [5.74, 6) is 0.0466. The number of hydrogen-bond donors (Lipinski definition) is 1. The molecule has 0 bridgehead atoms. The van der Waals surface area contributed by atoms with Gasteiger partial charge in [-0.05, 0) is 61.6 Å². The zero-order valence-corrected chi connectivity index (χ0v) is 18.2. The number of carboxylic acid groups (broad SMARTS) is 1. The maximum atomic E-state index is 12.8. The number of halogens is 3. The fourth-order valence-electron chi connectivity index (χ4n) is 3.87. The number of carboxylic acids is 1. The minimum atomic E-state index is -4.35. The number of alkyl halides is 3. The van der Waals surface area contributed by atoms with Crippen molar-refractivity contribution in [1.29, 1.82) is 0 Å². The number of carbonyl (C=O) groups is 1. The Morgan fingerprint density at radius 1 is 1.22 bits per heavy atom. The lowest BCUT2D eigenvalue weighted by atomic mass is 10.0. The molecule has 0 saturated heterocycles. The lowest BCUT2D eigenvalue weighted by Crippen LogP contribution is -2.08. The van der Waals surface area contributed by atoms with E-state index < -0.39 is 17.7 Å². The van der Waals surface area contributed by atoms with Gasteiger partial charge in [0.2, 0.25) is 0 Å². The first kappa shape index (κ1) is 22.3. The second-order valence-corrected chi connectivity index (χ2v) is 9.01. The lowest BCUT2D eigenvalue weighted by molar-refractivity contribution is -0.138. The number of nitrogens with zero attached hydrogens (tertiary/aromatic N) is 1. The smallest absolute Gasteiger partial charge is 0.416 e. The van der Waals surface area contributed by atoms with Crippen LogP contribution < -0.4 is 4.74 Å². The van der Waals surface area contributed by atoms with Crippen LogP contribution in [-0.4, -0.2) is 22.7 Å². The van der Waals surface area contributed by atoms with Gasteiger partial charge in [-0.2, -0.15) is 13.2 Å². The number of ether oxygens (including phenoxy) is 1. The highest BCUT2D eigenvalue weighted by Crippen LogP contribution is 2.40. The largest absolute Gasteiger partial charge is 0.493 e. The average molecular weight is 462 g/mol. The molecule has 0 spiro atoms. The normalized spacial score (nSPS) is 15.6. The van der Waals surface area contributed by atoms with Crippen molar-refractivity contribution in [3.63, 3.8) is 0 Å². The summed E-state index contributed by atoms with van der Waals surface area (Å²) in [5, 5.41) is 9.58. The van der Waals surface area contributed by atoms with Crippen LogP contribution in [0.5, 0.6) is 5.75 Å². The Morgan fingerprint density at radius 2 is 1.97 bits per heavy atom. The van der Waals surface area contributed by atoms with Crippen LogP contribution in [0, 0.1) is 6.92 Å². The molecule has 1 aliphatic carbocycles. The topological polar surface area (TPSA) is 59.4 Å². The van der Waals surface area contributed by atoms with Crippen molar-refractivity contribution < 1.29 is 27.8 Å². The first-order valence-corrected chi connectivity index (χ1v) is 11.1. The van der Waals surface area contributed by atoms with Crippen molar-refractivity contribution in [3.05, 3.63) is 69.7 Å². The summed E-state index contributed by atoms with van der Waals surface area (Å²) in [7, 11) is 0. The molecule has 1 heterocycles. The van der Waals surface area contributed by atoms with Crippen LogP contribution in [0.1, 0.15) is 46.0 Å². The Morgan fingerprint density at radius 3 is 2.62 bits per heavy atom. The van der Waals surface area contributed by atoms with Crippen LogP contribution in [0.25, 0.3) is 10.6 Å². The van der Waals surface area contributed by atoms with E-state index in [2.05, 4.69) is 0 Å². The lowest BCUT2D eigenvalue weighted by Gasteiger charge is -2.13. The Balaban J connectivity index is 1.41. The summed E-state index contributed by atoms with van der Waals surface area (Å²) in [5.41, 5.74) is 2.97. The van der Waals surface area contributed by atoms with E-state index in [0.29, 0.717) is 18.6 Å². The monoisotopic (exact) mass is 461 g/mol. The van der Waals surface area contributed by atoms with Crippen LogP contribution in [0.4, 0.5) is 13.2 Å². The van der Waals surface area contributed by atoms with Crippen LogP contribution in [0.2, 0.25) is 0 Å². The third-order valence-electron chi connectivity index (χ3n) is 5.67. The predicted octanol–water partition coefficient (Wildman–Crippen LogP) is 6.26. The highest BCUT2D eigenvalue weighted by molar-refractivity contribution is 7.15. The summed E-state index contributed by atoms with van der Waals surface area (Å²) in [6.45, 7) is 2.41. The van der Waals surface area contributed by atoms with Crippen molar-refractivity contribution >= 4 is 17.3 Å². The van der Waals surface area contributed by atoms with Gasteiger partial charge in [-0.25, -0.2) is 4.98 Å². The molecule has 0 radical (unpaired) electrons. The van der Waals surface area contributed by atoms with E-state index in [9.17, 15) is 18.0 Å². The second kappa shape index (κ2) is 8.94. The molecule has 1 atom stereocenters. The number of rotatable bonds is 7. The highest BCUT2D eigenvalue weighted by atomic mass is 32.1. The van der Waals surface area contributed by atoms with Crippen molar-refractivity contribution in [3.8, 4) is 16.3 Å². The molecule has 168 valence electrons. The van der Waals surface area contributed by atoms with Crippen LogP contribution in [0.3, 0.4) is 0 Å². The van der Waals surface area contributed by atoms with E-state index in [-0.39, 0.29) is 12.3 Å². The van der Waals surface area contributed by atoms with Crippen molar-refractivity contribution in [2.24, 2.45) is 0 Å². The fourth-order valence-corrected chi connectivity index (χ4v) is 5.04. The van der Waals surface area contributed by atoms with Crippen LogP contribution >= 0.6 is 11.3 Å². The Labute approximate surface area is 187 Å². The van der Waals surface area contributed by atoms with Crippen molar-refractivity contribution in [2.45, 2.75) is 44.7 Å². The van der Waals surface area contributed by atoms with Crippen molar-refractivity contribution in [2.75, 3.05) is 6.61 Å². The molecule has 32 heavy (non-hydrogen) atoms. The average Bonchev–Trinajstić information content (AvgIpc) is 3.32. The zero-order valence-electron chi connectivity index (χ0n) is 17.4. The Kier molecular flexibility index (Phi) is 6.24. The predicted molar refractivity (Wildman–Crippen MR) is 116 cm³/mol. The van der Waals surface area contributed by atoms with E-state index in [1.165, 1.54) is 23.5 Å². The molecular formula is C24H22F3NO3S. The minimum Gasteiger partial charge on any atom is -0.493 e. The van der Waals surface area contributed by atoms with E-state index in [1.54, 1.807) is 0 Å². The van der Waals surface area contributed by atoms with Crippen molar-refractivity contribution in [1.82, 2.24) is 4.98 Å². The molecule has 0 fully saturated rings. The number of aryl methyl sites for hydroxylation is 3. The Bertz CT molecular complexity index is 1120. The third kappa shape index (κ3) is 4.96. The van der Waals surface area contributed by atoms with Crippen LogP contribution in [-0.2, 0) is 23.8 Å². The molecular weight excluding hydrogens is 439 g/mol. The fraction of sp³-hybridized carbons (Fsp3) is 0.333. The summed E-state index contributed by atoms with van der Waals surface area (Å²) >= 11 is 1.53. The number of aromatic nitrogens is 1. The SMILES string of the molecule is Cc1cc(OCC2CCc3sc(-c4ccc(C(F)(F)F)cc4)nc32)ccc1CCC(=O)O. The number of fused-ring (bicyclic) bond motifs is 1. The molecule has 1 aromatic heterocycles. The molecule has 1 unspecified atom stereocenters. The van der Waals surface area contributed by atoms with E-state index in [4.69, 9.17) is 14.8 Å². The third-order valence-corrected chi connectivity index (χ3v) is 6.85. The van der Waals surface area contributed by atoms with E-state index in [0.717, 1.165) is 57.4 Å². The Hall–Kier alpha value is -2.87. The zero-order chi connectivity index (χ0) is 22.9. The van der Waals surface area contributed by atoms with E-state index in [1.807, 2.05) is 25.1 Å². The van der Waals surface area contributed by atoms with E-state index >= 15 is 0 Å². The van der Waals surface area contributed by atoms with Gasteiger partial charge in [0.25, 0.3) is 0 Å². The van der Waals surface area contributed by atoms with Gasteiger partial charge < -0.3 is 9.84 Å². The number of hydrogen-bond acceptors (Lipinski definition) is 4. The first-order chi connectivity index (χ1) is 15.2. The summed E-state index contributed by atoms with van der Waals surface area (Å²) in [4.78, 5) is 16.7. The number of aliphatic carboxylic acids is 1. The van der Waals surface area contributed by atoms with Gasteiger partial charge in [-0.3, -0.25) is 4.79 Å². The molecule has 4 rings (SSSR count). The van der Waals surface area contributed by atoms with Gasteiger partial charge in [-0.1, -0.05) is 18.2 Å². The van der Waals surface area contributed by atoms with Gasteiger partial charge >= 0.3 is 12.1 Å². The molecule has 2 aromatic carbocycles.